The Balaban J connectivity index is 2.05. The summed E-state index contributed by atoms with van der Waals surface area (Å²) in [7, 11) is 1.65. The second-order valence-electron chi connectivity index (χ2n) is 4.78. The second kappa shape index (κ2) is 9.08. The highest BCUT2D eigenvalue weighted by Crippen LogP contribution is 2.24. The van der Waals surface area contributed by atoms with Crippen molar-refractivity contribution in [3.05, 3.63) is 63.6 Å². The first-order chi connectivity index (χ1) is 11.1. The molecule has 0 aliphatic heterocycles. The number of benzene rings is 2. The summed E-state index contributed by atoms with van der Waals surface area (Å²) >= 11 is 17.3. The van der Waals surface area contributed by atoms with E-state index in [1.54, 1.807) is 19.2 Å². The van der Waals surface area contributed by atoms with Crippen molar-refractivity contribution in [3.63, 3.8) is 0 Å². The highest BCUT2D eigenvalue weighted by atomic mass is 35.5. The van der Waals surface area contributed by atoms with E-state index in [-0.39, 0.29) is 0 Å². The molecule has 6 heteroatoms. The molecule has 23 heavy (non-hydrogen) atoms. The quantitative estimate of drug-likeness (QED) is 0.575. The van der Waals surface area contributed by atoms with Crippen molar-refractivity contribution in [2.75, 3.05) is 20.3 Å². The van der Waals surface area contributed by atoms with Gasteiger partial charge in [0, 0.05) is 13.7 Å². The summed E-state index contributed by atoms with van der Waals surface area (Å²) in [5, 5.41) is 4.18. The molecule has 0 saturated heterocycles. The van der Waals surface area contributed by atoms with Crippen molar-refractivity contribution >= 4 is 40.4 Å². The van der Waals surface area contributed by atoms with Crippen LogP contribution in [0.25, 0.3) is 0 Å². The number of thiocarbonyl (C=S) groups is 1. The van der Waals surface area contributed by atoms with Gasteiger partial charge < -0.3 is 14.8 Å². The SMILES string of the molecule is COCCNC(=S)c1ccccc1OCc1ccc(Cl)c(Cl)c1. The zero-order valence-electron chi connectivity index (χ0n) is 12.6. The molecule has 0 aliphatic rings. The maximum Gasteiger partial charge on any atom is 0.129 e. The molecule has 0 spiro atoms. The lowest BCUT2D eigenvalue weighted by Gasteiger charge is -2.14. The zero-order chi connectivity index (χ0) is 16.7. The Morgan fingerprint density at radius 2 is 1.91 bits per heavy atom. The first-order valence-electron chi connectivity index (χ1n) is 7.04. The van der Waals surface area contributed by atoms with Gasteiger partial charge in [0.05, 0.1) is 22.2 Å². The Bertz CT molecular complexity index is 679. The molecular formula is C17H17Cl2NO2S. The van der Waals surface area contributed by atoms with Gasteiger partial charge in [0.15, 0.2) is 0 Å². The van der Waals surface area contributed by atoms with Crippen molar-refractivity contribution in [1.29, 1.82) is 0 Å². The van der Waals surface area contributed by atoms with Gasteiger partial charge in [-0.15, -0.1) is 0 Å². The van der Waals surface area contributed by atoms with Crippen LogP contribution in [0.3, 0.4) is 0 Å². The Morgan fingerprint density at radius 3 is 2.65 bits per heavy atom. The van der Waals surface area contributed by atoms with Gasteiger partial charge in [-0.25, -0.2) is 0 Å². The van der Waals surface area contributed by atoms with E-state index in [9.17, 15) is 0 Å². The third-order valence-corrected chi connectivity index (χ3v) is 4.21. The van der Waals surface area contributed by atoms with Crippen LogP contribution < -0.4 is 10.1 Å². The zero-order valence-corrected chi connectivity index (χ0v) is 15.0. The maximum absolute atomic E-state index is 6.02. The molecule has 2 aromatic rings. The number of para-hydroxylation sites is 1. The van der Waals surface area contributed by atoms with Gasteiger partial charge in [0.2, 0.25) is 0 Å². The van der Waals surface area contributed by atoms with Crippen molar-refractivity contribution < 1.29 is 9.47 Å². The molecule has 2 aromatic carbocycles. The Morgan fingerprint density at radius 1 is 1.13 bits per heavy atom. The molecule has 0 atom stereocenters. The summed E-state index contributed by atoms with van der Waals surface area (Å²) < 4.78 is 10.9. The monoisotopic (exact) mass is 369 g/mol. The number of ether oxygens (including phenoxy) is 2. The molecular weight excluding hydrogens is 353 g/mol. The molecule has 1 N–H and O–H groups in total. The largest absolute Gasteiger partial charge is 0.488 e. The molecule has 0 fully saturated rings. The van der Waals surface area contributed by atoms with Gasteiger partial charge in [-0.1, -0.05) is 53.6 Å². The van der Waals surface area contributed by atoms with Gasteiger partial charge in [-0.05, 0) is 29.8 Å². The van der Waals surface area contributed by atoms with Gasteiger partial charge in [-0.2, -0.15) is 0 Å². The van der Waals surface area contributed by atoms with Crippen molar-refractivity contribution in [2.45, 2.75) is 6.61 Å². The van der Waals surface area contributed by atoms with E-state index in [0.29, 0.717) is 40.5 Å². The van der Waals surface area contributed by atoms with Crippen LogP contribution in [0.15, 0.2) is 42.5 Å². The van der Waals surface area contributed by atoms with Crippen LogP contribution >= 0.6 is 35.4 Å². The van der Waals surface area contributed by atoms with E-state index in [2.05, 4.69) is 5.32 Å². The van der Waals surface area contributed by atoms with Crippen LogP contribution in [0.5, 0.6) is 5.75 Å². The maximum atomic E-state index is 6.02. The number of nitrogens with one attached hydrogen (secondary N) is 1. The predicted octanol–water partition coefficient (Wildman–Crippen LogP) is 4.48. The predicted molar refractivity (Wildman–Crippen MR) is 98.8 cm³/mol. The third kappa shape index (κ3) is 5.36. The van der Waals surface area contributed by atoms with Gasteiger partial charge in [0.25, 0.3) is 0 Å². The Labute approximate surface area is 151 Å². The molecule has 122 valence electrons. The smallest absolute Gasteiger partial charge is 0.129 e. The summed E-state index contributed by atoms with van der Waals surface area (Å²) in [5.41, 5.74) is 1.78. The summed E-state index contributed by atoms with van der Waals surface area (Å²) in [6.45, 7) is 1.62. The molecule has 0 amide bonds. The van der Waals surface area contributed by atoms with Gasteiger partial charge >= 0.3 is 0 Å². The van der Waals surface area contributed by atoms with Crippen LogP contribution in [-0.2, 0) is 11.3 Å². The van der Waals surface area contributed by atoms with Crippen LogP contribution in [0.1, 0.15) is 11.1 Å². The van der Waals surface area contributed by atoms with Crippen LogP contribution in [0.4, 0.5) is 0 Å². The van der Waals surface area contributed by atoms with Gasteiger partial charge in [-0.3, -0.25) is 0 Å². The summed E-state index contributed by atoms with van der Waals surface area (Å²) in [6, 6.07) is 13.1. The average Bonchev–Trinajstić information content (AvgIpc) is 2.56. The molecule has 0 bridgehead atoms. The lowest BCUT2D eigenvalue weighted by molar-refractivity contribution is 0.204. The number of hydrogen-bond acceptors (Lipinski definition) is 3. The van der Waals surface area contributed by atoms with Crippen molar-refractivity contribution in [1.82, 2.24) is 5.32 Å². The van der Waals surface area contributed by atoms with E-state index in [1.807, 2.05) is 30.3 Å². The molecule has 2 rings (SSSR count). The van der Waals surface area contributed by atoms with Crippen molar-refractivity contribution in [3.8, 4) is 5.75 Å². The summed E-state index contributed by atoms with van der Waals surface area (Å²) in [5.74, 6) is 0.716. The minimum Gasteiger partial charge on any atom is -0.488 e. The Kier molecular flexibility index (Phi) is 7.12. The standard InChI is InChI=1S/C17H17Cl2NO2S/c1-21-9-8-20-17(23)13-4-2-3-5-16(13)22-11-12-6-7-14(18)15(19)10-12/h2-7,10H,8-9,11H2,1H3,(H,20,23). The third-order valence-electron chi connectivity index (χ3n) is 3.10. The summed E-state index contributed by atoms with van der Waals surface area (Å²) in [6.07, 6.45) is 0. The van der Waals surface area contributed by atoms with E-state index >= 15 is 0 Å². The molecule has 0 radical (unpaired) electrons. The molecule has 0 unspecified atom stereocenters. The van der Waals surface area contributed by atoms with Gasteiger partial charge in [0.1, 0.15) is 17.3 Å². The number of halogens is 2. The fourth-order valence-electron chi connectivity index (χ4n) is 1.93. The number of rotatable bonds is 7. The molecule has 0 saturated carbocycles. The van der Waals surface area contributed by atoms with Crippen molar-refractivity contribution in [2.24, 2.45) is 0 Å². The first-order valence-corrected chi connectivity index (χ1v) is 8.21. The first kappa shape index (κ1) is 18.0. The molecule has 0 aromatic heterocycles. The van der Waals surface area contributed by atoms with Crippen LogP contribution in [0.2, 0.25) is 10.0 Å². The highest BCUT2D eigenvalue weighted by Gasteiger charge is 2.09. The van der Waals surface area contributed by atoms with E-state index in [4.69, 9.17) is 44.9 Å². The van der Waals surface area contributed by atoms with E-state index in [1.165, 1.54) is 0 Å². The average molecular weight is 370 g/mol. The second-order valence-corrected chi connectivity index (χ2v) is 6.00. The Hall–Kier alpha value is -1.33. The molecule has 0 heterocycles. The minimum atomic E-state index is 0.384. The fourth-order valence-corrected chi connectivity index (χ4v) is 2.52. The molecule has 0 aliphatic carbocycles. The minimum absolute atomic E-state index is 0.384. The van der Waals surface area contributed by atoms with Crippen LogP contribution in [-0.4, -0.2) is 25.2 Å². The van der Waals surface area contributed by atoms with E-state index in [0.717, 1.165) is 11.1 Å². The number of hydrogen-bond donors (Lipinski definition) is 1. The highest BCUT2D eigenvalue weighted by molar-refractivity contribution is 7.80. The topological polar surface area (TPSA) is 30.5 Å². The fraction of sp³-hybridized carbons (Fsp3) is 0.235. The summed E-state index contributed by atoms with van der Waals surface area (Å²) in [4.78, 5) is 0.631. The van der Waals surface area contributed by atoms with E-state index < -0.39 is 0 Å². The molecule has 3 nitrogen and oxygen atoms in total. The van der Waals surface area contributed by atoms with Crippen LogP contribution in [0, 0.1) is 0 Å². The lowest BCUT2D eigenvalue weighted by Crippen LogP contribution is -2.26. The normalized spacial score (nSPS) is 10.4. The number of methoxy groups -OCH3 is 1. The lowest BCUT2D eigenvalue weighted by atomic mass is 10.2.